The average Bonchev–Trinajstić information content (AvgIpc) is 3.49. The molecule has 2 amide bonds. The number of carbonyl (C=O) groups is 2. The number of aliphatic imine (C=N–C) groups is 1. The van der Waals surface area contributed by atoms with E-state index in [1.807, 2.05) is 18.5 Å². The Hall–Kier alpha value is -1.14. The second-order valence-corrected chi connectivity index (χ2v) is 9.75. The van der Waals surface area contributed by atoms with Crippen molar-refractivity contribution in [2.75, 3.05) is 31.9 Å². The number of thiazole rings is 1. The molecule has 2 heterocycles. The first-order valence-electron chi connectivity index (χ1n) is 10.3. The van der Waals surface area contributed by atoms with E-state index >= 15 is 0 Å². The van der Waals surface area contributed by atoms with Crippen LogP contribution in [0.3, 0.4) is 0 Å². The van der Waals surface area contributed by atoms with Crippen molar-refractivity contribution in [1.29, 1.82) is 0 Å². The molecule has 1 saturated carbocycles. The van der Waals surface area contributed by atoms with Crippen LogP contribution >= 0.6 is 47.1 Å². The topological polar surface area (TPSA) is 86.7 Å². The molecule has 1 aromatic heterocycles. The van der Waals surface area contributed by atoms with Crippen LogP contribution in [0, 0.1) is 23.7 Å². The number of imide groups is 1. The number of carbonyl (C=O) groups excluding carboxylic acids is 2. The van der Waals surface area contributed by atoms with Crippen LogP contribution in [0.1, 0.15) is 19.8 Å². The summed E-state index contributed by atoms with van der Waals surface area (Å²) in [5.41, 5.74) is 0. The molecular weight excluding hydrogens is 533 g/mol. The Morgan fingerprint density at radius 1 is 1.27 bits per heavy atom. The second kappa shape index (κ2) is 10.9. The number of nitrogens with one attached hydrogen (secondary N) is 2. The number of hydrogen-bond acceptors (Lipinski definition) is 6. The van der Waals surface area contributed by atoms with E-state index in [4.69, 9.17) is 0 Å². The normalized spacial score (nSPS) is 26.8. The van der Waals surface area contributed by atoms with E-state index in [2.05, 4.69) is 32.8 Å². The maximum absolute atomic E-state index is 12.7. The van der Waals surface area contributed by atoms with E-state index in [0.717, 1.165) is 35.4 Å². The third-order valence-corrected chi connectivity index (χ3v) is 7.79. The number of fused-ring (bicyclic) bond motifs is 5. The van der Waals surface area contributed by atoms with Crippen molar-refractivity contribution in [2.45, 2.75) is 24.1 Å². The molecule has 4 atom stereocenters. The predicted molar refractivity (Wildman–Crippen MR) is 131 cm³/mol. The zero-order valence-electron chi connectivity index (χ0n) is 17.0. The quantitative estimate of drug-likeness (QED) is 0.0918. The SMILES string of the molecule is CCNC(=NCCCSc1nccs1)NCCN1C(=O)C2C3C=CC(C3)C2C1=O.I. The highest BCUT2D eigenvalue weighted by molar-refractivity contribution is 14.0. The van der Waals surface area contributed by atoms with Gasteiger partial charge in [-0.2, -0.15) is 0 Å². The van der Waals surface area contributed by atoms with Gasteiger partial charge in [0.25, 0.3) is 0 Å². The first-order chi connectivity index (χ1) is 14.2. The highest BCUT2D eigenvalue weighted by Crippen LogP contribution is 2.52. The van der Waals surface area contributed by atoms with E-state index in [9.17, 15) is 9.59 Å². The molecule has 0 aromatic carbocycles. The van der Waals surface area contributed by atoms with Crippen molar-refractivity contribution in [1.82, 2.24) is 20.5 Å². The minimum Gasteiger partial charge on any atom is -0.357 e. The first kappa shape index (κ1) is 23.5. The van der Waals surface area contributed by atoms with Gasteiger partial charge in [0, 0.05) is 43.5 Å². The number of allylic oxidation sites excluding steroid dienone is 2. The van der Waals surface area contributed by atoms with Crippen LogP contribution in [-0.4, -0.2) is 59.6 Å². The molecule has 4 rings (SSSR count). The summed E-state index contributed by atoms with van der Waals surface area (Å²) < 4.78 is 1.09. The summed E-state index contributed by atoms with van der Waals surface area (Å²) >= 11 is 3.41. The molecule has 2 aliphatic carbocycles. The molecule has 0 spiro atoms. The van der Waals surface area contributed by atoms with Crippen molar-refractivity contribution in [3.05, 3.63) is 23.7 Å². The summed E-state index contributed by atoms with van der Waals surface area (Å²) in [4.78, 5) is 35.8. The first-order valence-corrected chi connectivity index (χ1v) is 12.1. The molecule has 2 bridgehead atoms. The molecule has 10 heteroatoms. The number of hydrogen-bond donors (Lipinski definition) is 2. The van der Waals surface area contributed by atoms with Gasteiger partial charge in [-0.25, -0.2) is 4.98 Å². The van der Waals surface area contributed by atoms with Crippen LogP contribution in [0.15, 0.2) is 33.1 Å². The van der Waals surface area contributed by atoms with E-state index < -0.39 is 0 Å². The molecular formula is C20H28IN5O2S2. The Bertz CT molecular complexity index is 771. The van der Waals surface area contributed by atoms with Gasteiger partial charge < -0.3 is 10.6 Å². The van der Waals surface area contributed by atoms with Gasteiger partial charge in [-0.05, 0) is 31.6 Å². The number of guanidine groups is 1. The number of amides is 2. The fraction of sp³-hybridized carbons (Fsp3) is 0.600. The van der Waals surface area contributed by atoms with Gasteiger partial charge in [-0.1, -0.05) is 23.9 Å². The van der Waals surface area contributed by atoms with Crippen LogP contribution in [0.5, 0.6) is 0 Å². The molecule has 3 aliphatic rings. The van der Waals surface area contributed by atoms with Crippen LogP contribution in [0.2, 0.25) is 0 Å². The Morgan fingerprint density at radius 3 is 2.63 bits per heavy atom. The zero-order chi connectivity index (χ0) is 20.2. The summed E-state index contributed by atoms with van der Waals surface area (Å²) in [6, 6.07) is 0. The maximum atomic E-state index is 12.7. The Labute approximate surface area is 202 Å². The third kappa shape index (κ3) is 5.01. The maximum Gasteiger partial charge on any atom is 0.233 e. The van der Waals surface area contributed by atoms with E-state index in [0.29, 0.717) is 19.6 Å². The van der Waals surface area contributed by atoms with Crippen LogP contribution in [0.25, 0.3) is 0 Å². The van der Waals surface area contributed by atoms with Gasteiger partial charge in [-0.3, -0.25) is 19.5 Å². The van der Waals surface area contributed by atoms with Gasteiger partial charge in [0.2, 0.25) is 11.8 Å². The largest absolute Gasteiger partial charge is 0.357 e. The number of rotatable bonds is 9. The second-order valence-electron chi connectivity index (χ2n) is 7.52. The molecule has 30 heavy (non-hydrogen) atoms. The van der Waals surface area contributed by atoms with Crippen molar-refractivity contribution in [3.63, 3.8) is 0 Å². The summed E-state index contributed by atoms with van der Waals surface area (Å²) in [7, 11) is 0. The van der Waals surface area contributed by atoms with Gasteiger partial charge in [0.1, 0.15) is 4.34 Å². The fourth-order valence-electron chi connectivity index (χ4n) is 4.51. The third-order valence-electron chi connectivity index (χ3n) is 5.74. The molecule has 0 radical (unpaired) electrons. The van der Waals surface area contributed by atoms with Crippen molar-refractivity contribution in [2.24, 2.45) is 28.7 Å². The molecule has 1 saturated heterocycles. The molecule has 2 fully saturated rings. The predicted octanol–water partition coefficient (Wildman–Crippen LogP) is 2.61. The summed E-state index contributed by atoms with van der Waals surface area (Å²) in [5, 5.41) is 8.46. The minimum atomic E-state index is -0.116. The monoisotopic (exact) mass is 561 g/mol. The summed E-state index contributed by atoms with van der Waals surface area (Å²) in [5.74, 6) is 2.03. The lowest BCUT2D eigenvalue weighted by Gasteiger charge is -2.18. The van der Waals surface area contributed by atoms with Gasteiger partial charge in [0.05, 0.1) is 11.8 Å². The van der Waals surface area contributed by atoms with Crippen molar-refractivity contribution >= 4 is 64.8 Å². The Morgan fingerprint density at radius 2 is 2.00 bits per heavy atom. The molecule has 1 aliphatic heterocycles. The smallest absolute Gasteiger partial charge is 0.233 e. The van der Waals surface area contributed by atoms with Crippen molar-refractivity contribution < 1.29 is 9.59 Å². The molecule has 1 aromatic rings. The molecule has 7 nitrogen and oxygen atoms in total. The van der Waals surface area contributed by atoms with E-state index in [-0.39, 0.29) is 59.5 Å². The number of nitrogens with zero attached hydrogens (tertiary/aromatic N) is 3. The summed E-state index contributed by atoms with van der Waals surface area (Å²) in [6.45, 7) is 4.41. The highest BCUT2D eigenvalue weighted by Gasteiger charge is 2.58. The van der Waals surface area contributed by atoms with E-state index in [1.54, 1.807) is 23.1 Å². The molecule has 4 unspecified atom stereocenters. The lowest BCUT2D eigenvalue weighted by Crippen LogP contribution is -2.43. The van der Waals surface area contributed by atoms with Crippen molar-refractivity contribution in [3.8, 4) is 0 Å². The van der Waals surface area contributed by atoms with Gasteiger partial charge in [-0.15, -0.1) is 35.3 Å². The average molecular weight is 562 g/mol. The van der Waals surface area contributed by atoms with Crippen LogP contribution < -0.4 is 10.6 Å². The standard InChI is InChI=1S/C20H27N5O2S2.HI/c1-2-21-19(22-6-3-10-28-20-24-8-11-29-20)23-7-9-25-17(26)15-13-4-5-14(12-13)16(15)18(25)27;/h4-5,8,11,13-16H,2-3,6-7,9-10,12H2,1H3,(H2,21,22,23);1H. The lowest BCUT2D eigenvalue weighted by atomic mass is 9.85. The lowest BCUT2D eigenvalue weighted by molar-refractivity contribution is -0.140. The Kier molecular flexibility index (Phi) is 8.58. The highest BCUT2D eigenvalue weighted by atomic mass is 127. The number of likely N-dealkylation sites (tertiary alicyclic amines) is 1. The van der Waals surface area contributed by atoms with Crippen LogP contribution in [0.4, 0.5) is 0 Å². The number of halogens is 1. The molecule has 164 valence electrons. The number of aromatic nitrogens is 1. The van der Waals surface area contributed by atoms with E-state index in [1.165, 1.54) is 4.90 Å². The Balaban J connectivity index is 0.00000256. The van der Waals surface area contributed by atoms with Gasteiger partial charge in [0.15, 0.2) is 5.96 Å². The molecule has 2 N–H and O–H groups in total. The number of thioether (sulfide) groups is 1. The minimum absolute atomic E-state index is 0. The van der Waals surface area contributed by atoms with Gasteiger partial charge >= 0.3 is 0 Å². The summed E-state index contributed by atoms with van der Waals surface area (Å²) in [6.07, 6.45) is 8.01. The van der Waals surface area contributed by atoms with Crippen LogP contribution in [-0.2, 0) is 9.59 Å². The zero-order valence-corrected chi connectivity index (χ0v) is 20.9. The fourth-order valence-corrected chi connectivity index (χ4v) is 6.14.